The van der Waals surface area contributed by atoms with Gasteiger partial charge in [0.15, 0.2) is 0 Å². The van der Waals surface area contributed by atoms with E-state index in [0.29, 0.717) is 12.1 Å². The SMILES string of the molecule is CCn1nc(C)c(C(=O)NCCCn2nc(C)cc2C)c1C. The standard InChI is InChI=1S/C16H25N5O/c1-6-20-14(5)15(13(4)19-20)16(22)17-8-7-9-21-12(3)10-11(2)18-21/h10H,6-9H2,1-5H3,(H,17,22). The minimum Gasteiger partial charge on any atom is -0.352 e. The predicted molar refractivity (Wildman–Crippen MR) is 86.0 cm³/mol. The van der Waals surface area contributed by atoms with Gasteiger partial charge in [0.25, 0.3) is 5.91 Å². The van der Waals surface area contributed by atoms with E-state index in [4.69, 9.17) is 0 Å². The van der Waals surface area contributed by atoms with Crippen molar-refractivity contribution in [1.82, 2.24) is 24.9 Å². The fourth-order valence-corrected chi connectivity index (χ4v) is 2.75. The van der Waals surface area contributed by atoms with Crippen molar-refractivity contribution >= 4 is 5.91 Å². The van der Waals surface area contributed by atoms with E-state index in [0.717, 1.165) is 42.3 Å². The molecule has 0 saturated carbocycles. The largest absolute Gasteiger partial charge is 0.352 e. The first-order valence-corrected chi connectivity index (χ1v) is 7.77. The lowest BCUT2D eigenvalue weighted by molar-refractivity contribution is 0.0951. The Balaban J connectivity index is 1.88. The van der Waals surface area contributed by atoms with Gasteiger partial charge < -0.3 is 5.32 Å². The average Bonchev–Trinajstić information content (AvgIpc) is 2.93. The summed E-state index contributed by atoms with van der Waals surface area (Å²) in [7, 11) is 0. The Morgan fingerprint density at radius 3 is 2.45 bits per heavy atom. The van der Waals surface area contributed by atoms with Gasteiger partial charge in [0.05, 0.1) is 17.0 Å². The zero-order chi connectivity index (χ0) is 16.3. The van der Waals surface area contributed by atoms with Crippen molar-refractivity contribution < 1.29 is 4.79 Å². The number of carbonyl (C=O) groups excluding carboxylic acids is 1. The van der Waals surface area contributed by atoms with Crippen LogP contribution in [0.1, 0.15) is 46.5 Å². The fraction of sp³-hybridized carbons (Fsp3) is 0.562. The van der Waals surface area contributed by atoms with Crippen LogP contribution in [0.4, 0.5) is 0 Å². The first-order chi connectivity index (χ1) is 10.4. The van der Waals surface area contributed by atoms with E-state index in [1.165, 1.54) is 0 Å². The van der Waals surface area contributed by atoms with Crippen molar-refractivity contribution in [2.24, 2.45) is 0 Å². The maximum atomic E-state index is 12.3. The highest BCUT2D eigenvalue weighted by Crippen LogP contribution is 2.12. The van der Waals surface area contributed by atoms with Gasteiger partial charge in [-0.25, -0.2) is 0 Å². The Morgan fingerprint density at radius 1 is 1.18 bits per heavy atom. The minimum atomic E-state index is -0.0388. The minimum absolute atomic E-state index is 0.0388. The van der Waals surface area contributed by atoms with Crippen molar-refractivity contribution in [3.63, 3.8) is 0 Å². The van der Waals surface area contributed by atoms with E-state index >= 15 is 0 Å². The molecule has 1 N–H and O–H groups in total. The summed E-state index contributed by atoms with van der Waals surface area (Å²) in [6.45, 7) is 12.1. The molecule has 120 valence electrons. The summed E-state index contributed by atoms with van der Waals surface area (Å²) >= 11 is 0. The van der Waals surface area contributed by atoms with Gasteiger partial charge in [-0.1, -0.05) is 0 Å². The molecule has 2 rings (SSSR count). The normalized spacial score (nSPS) is 11.0. The lowest BCUT2D eigenvalue weighted by Crippen LogP contribution is -2.26. The van der Waals surface area contributed by atoms with Gasteiger partial charge in [0, 0.05) is 31.0 Å². The lowest BCUT2D eigenvalue weighted by Gasteiger charge is -2.07. The number of nitrogens with one attached hydrogen (secondary N) is 1. The Labute approximate surface area is 131 Å². The van der Waals surface area contributed by atoms with Crippen LogP contribution in [-0.2, 0) is 13.1 Å². The monoisotopic (exact) mass is 303 g/mol. The second kappa shape index (κ2) is 6.77. The summed E-state index contributed by atoms with van der Waals surface area (Å²) in [4.78, 5) is 12.3. The highest BCUT2D eigenvalue weighted by molar-refractivity contribution is 5.96. The topological polar surface area (TPSA) is 64.7 Å². The Bertz CT molecular complexity index is 668. The zero-order valence-corrected chi connectivity index (χ0v) is 14.1. The molecule has 0 aliphatic heterocycles. The molecule has 0 saturated heterocycles. The Morgan fingerprint density at radius 2 is 1.91 bits per heavy atom. The molecule has 6 heteroatoms. The molecule has 0 aromatic carbocycles. The van der Waals surface area contributed by atoms with E-state index in [2.05, 4.69) is 21.6 Å². The molecule has 2 aromatic rings. The molecule has 6 nitrogen and oxygen atoms in total. The maximum absolute atomic E-state index is 12.3. The predicted octanol–water partition coefficient (Wildman–Crippen LogP) is 2.15. The van der Waals surface area contributed by atoms with E-state index in [1.54, 1.807) is 0 Å². The number of aromatic nitrogens is 4. The van der Waals surface area contributed by atoms with Crippen LogP contribution in [0.25, 0.3) is 0 Å². The van der Waals surface area contributed by atoms with Crippen molar-refractivity contribution in [3.8, 4) is 0 Å². The smallest absolute Gasteiger partial charge is 0.255 e. The number of nitrogens with zero attached hydrogens (tertiary/aromatic N) is 4. The first kappa shape index (κ1) is 16.3. The van der Waals surface area contributed by atoms with Crippen LogP contribution in [0, 0.1) is 27.7 Å². The van der Waals surface area contributed by atoms with Gasteiger partial charge in [0.1, 0.15) is 0 Å². The molecule has 0 fully saturated rings. The maximum Gasteiger partial charge on any atom is 0.255 e. The summed E-state index contributed by atoms with van der Waals surface area (Å²) in [6.07, 6.45) is 0.855. The molecular formula is C16H25N5O. The third-order valence-electron chi connectivity index (χ3n) is 3.84. The van der Waals surface area contributed by atoms with Crippen molar-refractivity contribution in [2.45, 2.75) is 54.1 Å². The van der Waals surface area contributed by atoms with Crippen LogP contribution >= 0.6 is 0 Å². The number of aryl methyl sites for hydroxylation is 5. The number of amides is 1. The number of hydrogen-bond donors (Lipinski definition) is 1. The third-order valence-corrected chi connectivity index (χ3v) is 3.84. The van der Waals surface area contributed by atoms with E-state index in [9.17, 15) is 4.79 Å². The van der Waals surface area contributed by atoms with Gasteiger partial charge in [-0.05, 0) is 47.1 Å². The summed E-state index contributed by atoms with van der Waals surface area (Å²) in [5, 5.41) is 11.8. The first-order valence-electron chi connectivity index (χ1n) is 7.77. The second-order valence-electron chi connectivity index (χ2n) is 5.62. The van der Waals surface area contributed by atoms with Crippen LogP contribution in [0.2, 0.25) is 0 Å². The van der Waals surface area contributed by atoms with Gasteiger partial charge in [-0.2, -0.15) is 10.2 Å². The number of rotatable bonds is 6. The average molecular weight is 303 g/mol. The molecule has 0 spiro atoms. The summed E-state index contributed by atoms with van der Waals surface area (Å²) in [5.74, 6) is -0.0388. The van der Waals surface area contributed by atoms with Gasteiger partial charge in [-0.15, -0.1) is 0 Å². The molecule has 0 aliphatic rings. The van der Waals surface area contributed by atoms with Crippen molar-refractivity contribution in [3.05, 3.63) is 34.4 Å². The van der Waals surface area contributed by atoms with Crippen molar-refractivity contribution in [1.29, 1.82) is 0 Å². The molecule has 22 heavy (non-hydrogen) atoms. The molecule has 2 heterocycles. The van der Waals surface area contributed by atoms with Crippen LogP contribution < -0.4 is 5.32 Å². The Hall–Kier alpha value is -2.11. The molecule has 0 atom stereocenters. The molecule has 0 unspecified atom stereocenters. The molecule has 2 aromatic heterocycles. The van der Waals surface area contributed by atoms with Crippen molar-refractivity contribution in [2.75, 3.05) is 6.54 Å². The molecule has 0 radical (unpaired) electrons. The lowest BCUT2D eigenvalue weighted by atomic mass is 10.2. The molecule has 0 bridgehead atoms. The van der Waals surface area contributed by atoms with E-state index < -0.39 is 0 Å². The van der Waals surface area contributed by atoms with Gasteiger partial charge in [-0.3, -0.25) is 14.2 Å². The van der Waals surface area contributed by atoms with Gasteiger partial charge >= 0.3 is 0 Å². The summed E-state index contributed by atoms with van der Waals surface area (Å²) in [6, 6.07) is 2.06. The summed E-state index contributed by atoms with van der Waals surface area (Å²) < 4.78 is 3.84. The Kier molecular flexibility index (Phi) is 5.00. The molecule has 0 aliphatic carbocycles. The zero-order valence-electron chi connectivity index (χ0n) is 14.1. The third kappa shape index (κ3) is 3.37. The fourth-order valence-electron chi connectivity index (χ4n) is 2.75. The highest BCUT2D eigenvalue weighted by atomic mass is 16.1. The highest BCUT2D eigenvalue weighted by Gasteiger charge is 2.17. The van der Waals surface area contributed by atoms with E-state index in [1.807, 2.05) is 44.0 Å². The van der Waals surface area contributed by atoms with Crippen LogP contribution in [0.5, 0.6) is 0 Å². The van der Waals surface area contributed by atoms with Crippen LogP contribution in [0.3, 0.4) is 0 Å². The quantitative estimate of drug-likeness (QED) is 0.832. The second-order valence-corrected chi connectivity index (χ2v) is 5.62. The van der Waals surface area contributed by atoms with E-state index in [-0.39, 0.29) is 5.91 Å². The van der Waals surface area contributed by atoms with Gasteiger partial charge in [0.2, 0.25) is 0 Å². The number of carbonyl (C=O) groups is 1. The molecule has 1 amide bonds. The summed E-state index contributed by atoms with van der Waals surface area (Å²) in [5.41, 5.74) is 4.60. The number of hydrogen-bond acceptors (Lipinski definition) is 3. The van der Waals surface area contributed by atoms with Crippen LogP contribution in [0.15, 0.2) is 6.07 Å². The molecular weight excluding hydrogens is 278 g/mol. The van der Waals surface area contributed by atoms with Crippen LogP contribution in [-0.4, -0.2) is 32.0 Å².